The maximum atomic E-state index is 11.6. The highest BCUT2D eigenvalue weighted by molar-refractivity contribution is 5.82. The summed E-state index contributed by atoms with van der Waals surface area (Å²) in [7, 11) is 2.65. The minimum atomic E-state index is -0.606. The van der Waals surface area contributed by atoms with Gasteiger partial charge in [0, 0.05) is 0 Å². The second kappa shape index (κ2) is 15.8. The summed E-state index contributed by atoms with van der Waals surface area (Å²) in [6.07, 6.45) is 12.8. The second-order valence-electron chi connectivity index (χ2n) is 5.99. The average molecular weight is 329 g/mol. The molecule has 23 heavy (non-hydrogen) atoms. The molecule has 1 N–H and O–H groups in total. The lowest BCUT2D eigenvalue weighted by Gasteiger charge is -2.15. The molecule has 0 aromatic rings. The Bertz CT molecular complexity index is 307. The molecule has 0 fully saturated rings. The van der Waals surface area contributed by atoms with Gasteiger partial charge in [0.2, 0.25) is 0 Å². The molecule has 0 amide bonds. The van der Waals surface area contributed by atoms with E-state index in [0.29, 0.717) is 6.54 Å². The van der Waals surface area contributed by atoms with E-state index in [-0.39, 0.29) is 6.42 Å². The van der Waals surface area contributed by atoms with Crippen molar-refractivity contribution in [3.8, 4) is 0 Å². The minimum absolute atomic E-state index is 0.0148. The van der Waals surface area contributed by atoms with E-state index < -0.39 is 18.0 Å². The average Bonchev–Trinajstić information content (AvgIpc) is 2.57. The maximum Gasteiger partial charge on any atom is 0.323 e. The molecule has 0 aliphatic carbocycles. The van der Waals surface area contributed by atoms with E-state index >= 15 is 0 Å². The predicted octanol–water partition coefficient (Wildman–Crippen LogP) is 3.60. The lowest BCUT2D eigenvalue weighted by molar-refractivity contribution is -0.149. The molecule has 136 valence electrons. The summed E-state index contributed by atoms with van der Waals surface area (Å²) in [5.41, 5.74) is 0. The Labute approximate surface area is 141 Å². The number of carbonyl (C=O) groups is 2. The number of hydrogen-bond donors (Lipinski definition) is 1. The largest absolute Gasteiger partial charge is 0.469 e. The number of rotatable bonds is 15. The molecule has 0 bridgehead atoms. The van der Waals surface area contributed by atoms with Gasteiger partial charge in [0.25, 0.3) is 0 Å². The minimum Gasteiger partial charge on any atom is -0.469 e. The molecule has 0 aliphatic heterocycles. The summed E-state index contributed by atoms with van der Waals surface area (Å²) < 4.78 is 9.29. The van der Waals surface area contributed by atoms with Gasteiger partial charge in [-0.3, -0.25) is 9.59 Å². The molecule has 0 aliphatic rings. The Hall–Kier alpha value is -1.10. The fraction of sp³-hybridized carbons (Fsp3) is 0.889. The maximum absolute atomic E-state index is 11.6. The Morgan fingerprint density at radius 3 is 1.83 bits per heavy atom. The summed E-state index contributed by atoms with van der Waals surface area (Å²) in [6, 6.07) is -0.606. The van der Waals surface area contributed by atoms with Gasteiger partial charge in [0.05, 0.1) is 20.6 Å². The van der Waals surface area contributed by atoms with E-state index in [2.05, 4.69) is 17.0 Å². The van der Waals surface area contributed by atoms with E-state index in [1.807, 2.05) is 0 Å². The van der Waals surface area contributed by atoms with Crippen LogP contribution in [0.25, 0.3) is 0 Å². The first kappa shape index (κ1) is 21.9. The topological polar surface area (TPSA) is 64.6 Å². The van der Waals surface area contributed by atoms with Crippen molar-refractivity contribution in [3.63, 3.8) is 0 Å². The molecule has 1 atom stereocenters. The Morgan fingerprint density at radius 2 is 1.35 bits per heavy atom. The summed E-state index contributed by atoms with van der Waals surface area (Å²) >= 11 is 0. The fourth-order valence-corrected chi connectivity index (χ4v) is 2.52. The summed E-state index contributed by atoms with van der Waals surface area (Å²) in [4.78, 5) is 22.9. The van der Waals surface area contributed by atoms with Gasteiger partial charge >= 0.3 is 11.9 Å². The van der Waals surface area contributed by atoms with Crippen LogP contribution in [0.3, 0.4) is 0 Å². The molecular weight excluding hydrogens is 294 g/mol. The molecule has 0 radical (unpaired) electrons. The lowest BCUT2D eigenvalue weighted by Crippen LogP contribution is -2.40. The quantitative estimate of drug-likeness (QED) is 0.367. The Balaban J connectivity index is 3.58. The van der Waals surface area contributed by atoms with Gasteiger partial charge in [-0.1, -0.05) is 64.7 Å². The summed E-state index contributed by atoms with van der Waals surface area (Å²) in [5.74, 6) is -0.821. The SMILES string of the molecule is CCCCCCCCCCCCN[C@@H](CC(=O)OC)C(=O)OC. The number of hydrogen-bond acceptors (Lipinski definition) is 5. The molecule has 5 nitrogen and oxygen atoms in total. The third kappa shape index (κ3) is 13.1. The zero-order chi connectivity index (χ0) is 17.3. The number of esters is 2. The number of unbranched alkanes of at least 4 members (excludes halogenated alkanes) is 9. The number of carbonyl (C=O) groups excluding carboxylic acids is 2. The summed E-state index contributed by atoms with van der Waals surface area (Å²) in [5, 5.41) is 3.09. The highest BCUT2D eigenvalue weighted by Crippen LogP contribution is 2.10. The van der Waals surface area contributed by atoms with Crippen molar-refractivity contribution in [1.29, 1.82) is 0 Å². The lowest BCUT2D eigenvalue weighted by atomic mass is 10.1. The molecule has 0 saturated carbocycles. The predicted molar refractivity (Wildman–Crippen MR) is 92.3 cm³/mol. The van der Waals surface area contributed by atoms with Crippen molar-refractivity contribution in [3.05, 3.63) is 0 Å². The zero-order valence-electron chi connectivity index (χ0n) is 15.2. The zero-order valence-corrected chi connectivity index (χ0v) is 15.2. The van der Waals surface area contributed by atoms with Crippen molar-refractivity contribution in [2.75, 3.05) is 20.8 Å². The molecule has 0 unspecified atom stereocenters. The Morgan fingerprint density at radius 1 is 0.826 bits per heavy atom. The van der Waals surface area contributed by atoms with Gasteiger partial charge in [-0.05, 0) is 13.0 Å². The van der Waals surface area contributed by atoms with Crippen LogP contribution in [0.2, 0.25) is 0 Å². The van der Waals surface area contributed by atoms with Crippen LogP contribution in [0.15, 0.2) is 0 Å². The first-order chi connectivity index (χ1) is 11.2. The highest BCUT2D eigenvalue weighted by atomic mass is 16.5. The monoisotopic (exact) mass is 329 g/mol. The van der Waals surface area contributed by atoms with E-state index in [1.54, 1.807) is 0 Å². The van der Waals surface area contributed by atoms with Crippen LogP contribution in [0.5, 0.6) is 0 Å². The van der Waals surface area contributed by atoms with Gasteiger partial charge in [-0.15, -0.1) is 0 Å². The number of methoxy groups -OCH3 is 2. The number of ether oxygens (including phenoxy) is 2. The molecule has 0 rings (SSSR count). The van der Waals surface area contributed by atoms with Crippen molar-refractivity contribution in [2.45, 2.75) is 83.6 Å². The van der Waals surface area contributed by atoms with Crippen molar-refractivity contribution in [1.82, 2.24) is 5.32 Å². The van der Waals surface area contributed by atoms with Gasteiger partial charge in [-0.25, -0.2) is 0 Å². The molecule has 0 aromatic heterocycles. The first-order valence-corrected chi connectivity index (χ1v) is 9.03. The van der Waals surface area contributed by atoms with E-state index in [1.165, 1.54) is 65.6 Å². The summed E-state index contributed by atoms with van der Waals surface area (Å²) in [6.45, 7) is 2.96. The molecule has 0 heterocycles. The third-order valence-corrected chi connectivity index (χ3v) is 4.01. The fourth-order valence-electron chi connectivity index (χ4n) is 2.52. The van der Waals surface area contributed by atoms with Gasteiger partial charge in [0.15, 0.2) is 0 Å². The van der Waals surface area contributed by atoms with Gasteiger partial charge in [-0.2, -0.15) is 0 Å². The normalized spacial score (nSPS) is 12.0. The standard InChI is InChI=1S/C18H35NO4/c1-4-5-6-7-8-9-10-11-12-13-14-19-16(18(21)23-3)15-17(20)22-2/h16,19H,4-15H2,1-3H3/t16-/m0/s1. The van der Waals surface area contributed by atoms with Crippen LogP contribution >= 0.6 is 0 Å². The molecule has 0 saturated heterocycles. The van der Waals surface area contributed by atoms with Crippen LogP contribution in [-0.4, -0.2) is 38.7 Å². The van der Waals surface area contributed by atoms with Crippen molar-refractivity contribution >= 4 is 11.9 Å². The van der Waals surface area contributed by atoms with Crippen molar-refractivity contribution in [2.24, 2.45) is 0 Å². The van der Waals surface area contributed by atoms with Crippen LogP contribution in [-0.2, 0) is 19.1 Å². The first-order valence-electron chi connectivity index (χ1n) is 9.03. The molecule has 0 spiro atoms. The number of nitrogens with one attached hydrogen (secondary N) is 1. The highest BCUT2D eigenvalue weighted by Gasteiger charge is 2.22. The van der Waals surface area contributed by atoms with Crippen LogP contribution in [0.1, 0.15) is 77.6 Å². The van der Waals surface area contributed by atoms with Gasteiger partial charge in [0.1, 0.15) is 6.04 Å². The van der Waals surface area contributed by atoms with Crippen molar-refractivity contribution < 1.29 is 19.1 Å². The molecular formula is C18H35NO4. The molecule has 5 heteroatoms. The van der Waals surface area contributed by atoms with Crippen LogP contribution in [0, 0.1) is 0 Å². The van der Waals surface area contributed by atoms with E-state index in [0.717, 1.165) is 12.8 Å². The van der Waals surface area contributed by atoms with E-state index in [4.69, 9.17) is 4.74 Å². The van der Waals surface area contributed by atoms with Gasteiger partial charge < -0.3 is 14.8 Å². The van der Waals surface area contributed by atoms with E-state index in [9.17, 15) is 9.59 Å². The van der Waals surface area contributed by atoms with Crippen LogP contribution < -0.4 is 5.32 Å². The van der Waals surface area contributed by atoms with Crippen LogP contribution in [0.4, 0.5) is 0 Å². The third-order valence-electron chi connectivity index (χ3n) is 4.01. The Kier molecular flexibility index (Phi) is 15.0. The second-order valence-corrected chi connectivity index (χ2v) is 5.99. The molecule has 0 aromatic carbocycles. The smallest absolute Gasteiger partial charge is 0.323 e.